The van der Waals surface area contributed by atoms with Gasteiger partial charge in [-0.25, -0.2) is 13.2 Å². The Balaban J connectivity index is 1.80. The summed E-state index contributed by atoms with van der Waals surface area (Å²) < 4.78 is 40.1. The van der Waals surface area contributed by atoms with Crippen molar-refractivity contribution in [1.29, 1.82) is 0 Å². The van der Waals surface area contributed by atoms with Gasteiger partial charge in [0.15, 0.2) is 17.5 Å². The van der Waals surface area contributed by atoms with Crippen molar-refractivity contribution in [3.05, 3.63) is 57.9 Å². The fraction of sp³-hybridized carbons (Fsp3) is 0.263. The number of nitrogens with zero attached hydrogens (tertiary/aromatic N) is 1. The van der Waals surface area contributed by atoms with Crippen LogP contribution in [-0.4, -0.2) is 18.4 Å². The average Bonchev–Trinajstić information content (AvgIpc) is 2.96. The molecule has 2 aromatic carbocycles. The zero-order valence-electron chi connectivity index (χ0n) is 14.6. The van der Waals surface area contributed by atoms with Gasteiger partial charge in [-0.15, -0.1) is 0 Å². The third-order valence-corrected chi connectivity index (χ3v) is 4.75. The number of benzene rings is 2. The summed E-state index contributed by atoms with van der Waals surface area (Å²) in [6.07, 6.45) is -0.0965. The topological polar surface area (TPSA) is 49.4 Å². The van der Waals surface area contributed by atoms with Crippen molar-refractivity contribution < 1.29 is 22.8 Å². The Bertz CT molecular complexity index is 926. The highest BCUT2D eigenvalue weighted by atomic mass is 35.5. The Labute approximate surface area is 158 Å². The van der Waals surface area contributed by atoms with E-state index < -0.39 is 35.0 Å². The molecule has 0 saturated carbocycles. The predicted molar refractivity (Wildman–Crippen MR) is 96.3 cm³/mol. The molecular formula is C19H16ClF3N2O2. The molecule has 1 fully saturated rings. The summed E-state index contributed by atoms with van der Waals surface area (Å²) in [5, 5.41) is 2.62. The quantitative estimate of drug-likeness (QED) is 0.783. The van der Waals surface area contributed by atoms with Crippen molar-refractivity contribution in [3.63, 3.8) is 0 Å². The van der Waals surface area contributed by atoms with Crippen LogP contribution < -0.4 is 10.2 Å². The molecule has 1 unspecified atom stereocenters. The van der Waals surface area contributed by atoms with Crippen molar-refractivity contribution >= 4 is 34.8 Å². The summed E-state index contributed by atoms with van der Waals surface area (Å²) in [7, 11) is 0. The number of carbonyl (C=O) groups is 2. The molecule has 1 aliphatic rings. The fourth-order valence-electron chi connectivity index (χ4n) is 3.21. The fourth-order valence-corrected chi connectivity index (χ4v) is 3.63. The Kier molecular flexibility index (Phi) is 5.15. The summed E-state index contributed by atoms with van der Waals surface area (Å²) in [5.74, 6) is -6.23. The van der Waals surface area contributed by atoms with Gasteiger partial charge in [0, 0.05) is 13.0 Å². The molecule has 1 aliphatic heterocycles. The summed E-state index contributed by atoms with van der Waals surface area (Å²) >= 11 is 6.27. The van der Waals surface area contributed by atoms with Crippen molar-refractivity contribution in [2.75, 3.05) is 16.8 Å². The van der Waals surface area contributed by atoms with E-state index in [1.54, 1.807) is 6.07 Å². The number of rotatable bonds is 3. The summed E-state index contributed by atoms with van der Waals surface area (Å²) in [5.41, 5.74) is 1.79. The van der Waals surface area contributed by atoms with Gasteiger partial charge in [-0.3, -0.25) is 9.59 Å². The van der Waals surface area contributed by atoms with E-state index >= 15 is 0 Å². The average molecular weight is 397 g/mol. The van der Waals surface area contributed by atoms with Crippen molar-refractivity contribution in [2.24, 2.45) is 5.92 Å². The molecule has 1 N–H and O–H groups in total. The number of aryl methyl sites for hydroxylation is 2. The van der Waals surface area contributed by atoms with Crippen LogP contribution in [0.15, 0.2) is 24.3 Å². The molecule has 0 radical (unpaired) electrons. The Morgan fingerprint density at radius 3 is 2.56 bits per heavy atom. The molecule has 27 heavy (non-hydrogen) atoms. The zero-order chi connectivity index (χ0) is 19.9. The molecule has 1 heterocycles. The highest BCUT2D eigenvalue weighted by Gasteiger charge is 2.37. The van der Waals surface area contributed by atoms with Gasteiger partial charge in [0.1, 0.15) is 0 Å². The molecule has 2 aromatic rings. The number of carbonyl (C=O) groups excluding carboxylic acids is 2. The van der Waals surface area contributed by atoms with E-state index in [1.807, 2.05) is 19.9 Å². The first-order chi connectivity index (χ1) is 12.7. The van der Waals surface area contributed by atoms with Gasteiger partial charge in [-0.1, -0.05) is 17.7 Å². The molecule has 3 rings (SSSR count). The van der Waals surface area contributed by atoms with E-state index in [0.717, 1.165) is 23.3 Å². The molecule has 142 valence electrons. The largest absolute Gasteiger partial charge is 0.323 e. The van der Waals surface area contributed by atoms with Crippen molar-refractivity contribution in [3.8, 4) is 0 Å². The van der Waals surface area contributed by atoms with E-state index in [-0.39, 0.29) is 18.9 Å². The first-order valence-electron chi connectivity index (χ1n) is 8.20. The normalized spacial score (nSPS) is 16.7. The third kappa shape index (κ3) is 3.64. The zero-order valence-corrected chi connectivity index (χ0v) is 15.3. The van der Waals surface area contributed by atoms with Gasteiger partial charge < -0.3 is 10.2 Å². The molecule has 1 atom stereocenters. The smallest absolute Gasteiger partial charge is 0.229 e. The van der Waals surface area contributed by atoms with Crippen molar-refractivity contribution in [1.82, 2.24) is 0 Å². The van der Waals surface area contributed by atoms with Crippen LogP contribution in [0, 0.1) is 37.2 Å². The predicted octanol–water partition coefficient (Wildman–Crippen LogP) is 4.37. The lowest BCUT2D eigenvalue weighted by molar-refractivity contribution is -0.122. The van der Waals surface area contributed by atoms with E-state index in [2.05, 4.69) is 5.32 Å². The van der Waals surface area contributed by atoms with Crippen LogP contribution in [0.25, 0.3) is 0 Å². The first kappa shape index (κ1) is 19.2. The highest BCUT2D eigenvalue weighted by molar-refractivity contribution is 6.34. The van der Waals surface area contributed by atoms with Gasteiger partial charge in [-0.2, -0.15) is 0 Å². The molecule has 0 spiro atoms. The van der Waals surface area contributed by atoms with Crippen LogP contribution in [0.3, 0.4) is 0 Å². The van der Waals surface area contributed by atoms with Crippen LogP contribution in [0.1, 0.15) is 17.5 Å². The van der Waals surface area contributed by atoms with Crippen LogP contribution in [0.4, 0.5) is 24.5 Å². The molecule has 4 nitrogen and oxygen atoms in total. The maximum absolute atomic E-state index is 13.7. The SMILES string of the molecule is Cc1cc(C)c(N2CC(C(=O)Nc3ccc(F)c(F)c3F)CC2=O)c(Cl)c1. The monoisotopic (exact) mass is 396 g/mol. The van der Waals surface area contributed by atoms with E-state index in [9.17, 15) is 22.8 Å². The second-order valence-corrected chi connectivity index (χ2v) is 6.94. The Morgan fingerprint density at radius 1 is 1.19 bits per heavy atom. The lowest BCUT2D eigenvalue weighted by Gasteiger charge is -2.21. The third-order valence-electron chi connectivity index (χ3n) is 4.46. The lowest BCUT2D eigenvalue weighted by Crippen LogP contribution is -2.29. The molecule has 0 aromatic heterocycles. The molecule has 0 aliphatic carbocycles. The summed E-state index contributed by atoms with van der Waals surface area (Å²) in [6.45, 7) is 3.74. The second-order valence-electron chi connectivity index (χ2n) is 6.53. The number of amides is 2. The van der Waals surface area contributed by atoms with Crippen molar-refractivity contribution in [2.45, 2.75) is 20.3 Å². The summed E-state index contributed by atoms with van der Waals surface area (Å²) in [4.78, 5) is 26.2. The minimum absolute atomic E-state index is 0.0551. The van der Waals surface area contributed by atoms with Gasteiger partial charge in [0.2, 0.25) is 11.8 Å². The van der Waals surface area contributed by atoms with Gasteiger partial charge in [0.05, 0.1) is 22.3 Å². The number of anilines is 2. The number of hydrogen-bond acceptors (Lipinski definition) is 2. The molecule has 8 heteroatoms. The van der Waals surface area contributed by atoms with Crippen LogP contribution in [0.2, 0.25) is 5.02 Å². The van der Waals surface area contributed by atoms with Gasteiger partial charge >= 0.3 is 0 Å². The maximum atomic E-state index is 13.7. The number of halogens is 4. The Hall–Kier alpha value is -2.54. The molecular weight excluding hydrogens is 381 g/mol. The lowest BCUT2D eigenvalue weighted by atomic mass is 10.1. The van der Waals surface area contributed by atoms with E-state index in [0.29, 0.717) is 10.7 Å². The molecule has 0 bridgehead atoms. The van der Waals surface area contributed by atoms with E-state index in [4.69, 9.17) is 11.6 Å². The number of nitrogens with one attached hydrogen (secondary N) is 1. The summed E-state index contributed by atoms with van der Waals surface area (Å²) in [6, 6.07) is 5.25. The standard InChI is InChI=1S/C19H16ClF3N2O2/c1-9-5-10(2)18(12(20)6-9)25-8-11(7-15(25)26)19(27)24-14-4-3-13(21)16(22)17(14)23/h3-6,11H,7-8H2,1-2H3,(H,24,27). The minimum Gasteiger partial charge on any atom is -0.323 e. The molecule has 1 saturated heterocycles. The van der Waals surface area contributed by atoms with E-state index in [1.165, 1.54) is 4.90 Å². The minimum atomic E-state index is -1.67. The highest BCUT2D eigenvalue weighted by Crippen LogP contribution is 2.35. The van der Waals surface area contributed by atoms with Crippen LogP contribution in [0.5, 0.6) is 0 Å². The Morgan fingerprint density at radius 2 is 1.89 bits per heavy atom. The maximum Gasteiger partial charge on any atom is 0.229 e. The number of hydrogen-bond donors (Lipinski definition) is 1. The van der Waals surface area contributed by atoms with Crippen LogP contribution >= 0.6 is 11.6 Å². The van der Waals surface area contributed by atoms with Gasteiger partial charge in [-0.05, 0) is 43.2 Å². The van der Waals surface area contributed by atoms with Crippen LogP contribution in [-0.2, 0) is 9.59 Å². The first-order valence-corrected chi connectivity index (χ1v) is 8.58. The van der Waals surface area contributed by atoms with Gasteiger partial charge in [0.25, 0.3) is 0 Å². The second kappa shape index (κ2) is 7.23. The molecule has 2 amide bonds.